The van der Waals surface area contributed by atoms with Gasteiger partial charge in [-0.25, -0.2) is 28.9 Å². The van der Waals surface area contributed by atoms with Crippen LogP contribution in [-0.2, 0) is 52.9 Å². The molecule has 1 amide bonds. The van der Waals surface area contributed by atoms with E-state index in [-0.39, 0.29) is 48.0 Å². The zero-order valence-corrected chi connectivity index (χ0v) is 35.3. The number of nitrogens with zero attached hydrogens (tertiary/aromatic N) is 9. The molecule has 28 nitrogen and oxygen atoms in total. The van der Waals surface area contributed by atoms with Crippen LogP contribution in [0.4, 0.5) is 17.3 Å². The van der Waals surface area contributed by atoms with Crippen LogP contribution >= 0.6 is 15.6 Å². The fourth-order valence-electron chi connectivity index (χ4n) is 6.79. The van der Waals surface area contributed by atoms with E-state index in [4.69, 9.17) is 46.0 Å². The largest absolute Gasteiger partial charge is 0.472 e. The Morgan fingerprint density at radius 2 is 1.78 bits per heavy atom. The topological polar surface area (TPSA) is 422 Å². The summed E-state index contributed by atoms with van der Waals surface area (Å²) in [6.45, 7) is -1.41. The first-order chi connectivity index (χ1) is 30.4. The standard InChI is InChI=1S/C34H45N13O15P2/c35-20(3-1-2-11-39-25(48)9-6-18-4-7-19(8-5-18)44-45-38)33(50)61-29-23(60-32(28(29)49)47-17-42-27-30(37)40-16-41-31(27)47)15-58-64(55,56)62-21-13-26(46-12-10-24(36)43-34(46)51)59-22(21)14-57-63(52,53)54/h4-5,7-8,10,12,16-17,20-23,26,28-29,32,49H,1-3,6,9,11,13-15,35H2,(H,39,48)(H,55,56)(H2,36,43,51)(H2,37,40,41)(H2,52,53,54)/t20-,21-,22+,23+,26+,28+,29+,32+/m0/s1. The maximum Gasteiger partial charge on any atom is 0.472 e. The number of benzene rings is 1. The third-order valence-electron chi connectivity index (χ3n) is 9.95. The molecule has 2 fully saturated rings. The number of azide groups is 1. The first-order valence-corrected chi connectivity index (χ1v) is 22.4. The van der Waals surface area contributed by atoms with Crippen LogP contribution in [0.1, 0.15) is 50.1 Å². The number of aliphatic hydroxyl groups excluding tert-OH is 1. The lowest BCUT2D eigenvalue weighted by Crippen LogP contribution is -2.43. The molecule has 346 valence electrons. The van der Waals surface area contributed by atoms with E-state index < -0.39 is 89.5 Å². The number of unbranched alkanes of at least 4 members (excludes halogenated alkanes) is 1. The Labute approximate surface area is 361 Å². The molecule has 6 rings (SSSR count). The molecule has 0 spiro atoms. The second kappa shape index (κ2) is 21.0. The molecule has 2 saturated heterocycles. The van der Waals surface area contributed by atoms with Crippen LogP contribution in [-0.4, -0.2) is 117 Å². The van der Waals surface area contributed by atoms with Crippen molar-refractivity contribution in [2.24, 2.45) is 10.8 Å². The van der Waals surface area contributed by atoms with Gasteiger partial charge in [0, 0.05) is 36.2 Å². The van der Waals surface area contributed by atoms with Gasteiger partial charge in [-0.05, 0) is 42.8 Å². The van der Waals surface area contributed by atoms with Crippen molar-refractivity contribution in [2.45, 2.75) is 87.5 Å². The number of anilines is 2. The van der Waals surface area contributed by atoms with Crippen LogP contribution in [0.5, 0.6) is 0 Å². The molecule has 64 heavy (non-hydrogen) atoms. The summed E-state index contributed by atoms with van der Waals surface area (Å²) in [6.07, 6.45) is -5.34. The molecule has 9 atom stereocenters. The van der Waals surface area contributed by atoms with Gasteiger partial charge < -0.3 is 56.5 Å². The minimum atomic E-state index is -5.19. The third-order valence-corrected chi connectivity index (χ3v) is 11.4. The lowest BCUT2D eigenvalue weighted by atomic mass is 10.1. The van der Waals surface area contributed by atoms with E-state index >= 15 is 0 Å². The minimum Gasteiger partial charge on any atom is -0.455 e. The molecule has 0 saturated carbocycles. The van der Waals surface area contributed by atoms with Crippen LogP contribution in [0.15, 0.2) is 59.1 Å². The molecule has 2 aliphatic heterocycles. The number of nitrogens with two attached hydrogens (primary N) is 3. The van der Waals surface area contributed by atoms with E-state index in [0.29, 0.717) is 31.5 Å². The maximum atomic E-state index is 13.4. The molecule has 2 aliphatic rings. The maximum absolute atomic E-state index is 13.4. The van der Waals surface area contributed by atoms with Gasteiger partial charge in [-0.3, -0.25) is 32.3 Å². The number of aromatic nitrogens is 6. The molecule has 0 bridgehead atoms. The van der Waals surface area contributed by atoms with E-state index in [9.17, 15) is 43.3 Å². The Balaban J connectivity index is 1.07. The summed E-state index contributed by atoms with van der Waals surface area (Å²) in [6, 6.07) is 6.89. The lowest BCUT2D eigenvalue weighted by molar-refractivity contribution is -0.158. The van der Waals surface area contributed by atoms with E-state index in [1.54, 1.807) is 24.3 Å². The van der Waals surface area contributed by atoms with Crippen molar-refractivity contribution >= 4 is 56.0 Å². The summed E-state index contributed by atoms with van der Waals surface area (Å²) in [7, 11) is -10.3. The van der Waals surface area contributed by atoms with Crippen molar-refractivity contribution < 1.29 is 66.3 Å². The number of imidazole rings is 1. The van der Waals surface area contributed by atoms with E-state index in [2.05, 4.69) is 39.8 Å². The van der Waals surface area contributed by atoms with E-state index in [1.807, 2.05) is 0 Å². The lowest BCUT2D eigenvalue weighted by Gasteiger charge is -2.24. The number of esters is 1. The van der Waals surface area contributed by atoms with Crippen LogP contribution in [0.25, 0.3) is 21.6 Å². The summed E-state index contributed by atoms with van der Waals surface area (Å²) >= 11 is 0. The number of aliphatic hydroxyl groups is 1. The van der Waals surface area contributed by atoms with Crippen LogP contribution in [0.3, 0.4) is 0 Å². The second-order valence-electron chi connectivity index (χ2n) is 14.4. The number of hydrogen-bond acceptors (Lipinski definition) is 20. The molecule has 5 heterocycles. The summed E-state index contributed by atoms with van der Waals surface area (Å²) in [5, 5.41) is 17.8. The van der Waals surface area contributed by atoms with Crippen LogP contribution in [0, 0.1) is 0 Å². The molecule has 3 aromatic heterocycles. The van der Waals surface area contributed by atoms with Gasteiger partial charge in [0.2, 0.25) is 5.91 Å². The first kappa shape index (κ1) is 48.0. The van der Waals surface area contributed by atoms with Crippen molar-refractivity contribution in [1.82, 2.24) is 34.4 Å². The highest BCUT2D eigenvalue weighted by Crippen LogP contribution is 2.50. The highest BCUT2D eigenvalue weighted by Gasteiger charge is 2.50. The fourth-order valence-corrected chi connectivity index (χ4v) is 8.09. The van der Waals surface area contributed by atoms with E-state index in [1.165, 1.54) is 23.2 Å². The molecule has 0 aliphatic carbocycles. The number of ether oxygens (including phenoxy) is 3. The number of amides is 1. The zero-order valence-electron chi connectivity index (χ0n) is 33.5. The zero-order chi connectivity index (χ0) is 46.2. The van der Waals surface area contributed by atoms with Crippen molar-refractivity contribution in [3.63, 3.8) is 0 Å². The number of fused-ring (bicyclic) bond motifs is 1. The average molecular weight is 938 g/mol. The van der Waals surface area contributed by atoms with Crippen LogP contribution in [0.2, 0.25) is 0 Å². The fraction of sp³-hybridized carbons (Fsp3) is 0.500. The normalized spacial score (nSPS) is 23.6. The predicted octanol–water partition coefficient (Wildman–Crippen LogP) is 0.505. The molecular weight excluding hydrogens is 892 g/mol. The van der Waals surface area contributed by atoms with Gasteiger partial charge in [0.05, 0.1) is 19.5 Å². The molecule has 0 radical (unpaired) electrons. The van der Waals surface area contributed by atoms with Gasteiger partial charge in [-0.1, -0.05) is 29.4 Å². The number of nitrogens with one attached hydrogen (secondary N) is 1. The Morgan fingerprint density at radius 3 is 2.50 bits per heavy atom. The Hall–Kier alpha value is -5.44. The van der Waals surface area contributed by atoms with Crippen molar-refractivity contribution in [2.75, 3.05) is 31.2 Å². The second-order valence-corrected chi connectivity index (χ2v) is 17.1. The predicted molar refractivity (Wildman–Crippen MR) is 218 cm³/mol. The monoisotopic (exact) mass is 937 g/mol. The summed E-state index contributed by atoms with van der Waals surface area (Å²) in [5.74, 6) is -1.25. The Bertz CT molecular complexity index is 2490. The minimum absolute atomic E-state index is 0.0124. The van der Waals surface area contributed by atoms with Gasteiger partial charge >= 0.3 is 27.3 Å². The third kappa shape index (κ3) is 12.6. The number of hydrogen-bond donors (Lipinski definition) is 8. The molecule has 4 aromatic rings. The number of carbonyl (C=O) groups excluding carboxylic acids is 2. The van der Waals surface area contributed by atoms with Crippen molar-refractivity contribution in [3.05, 3.63) is 75.7 Å². The SMILES string of the molecule is [N-]=[N+]=Nc1ccc(CCC(=O)NCCCC[C@H](N)C(=O)O[C@H]2[C@@H](O)[C@H](n3cnc4c(N)ncnc43)O[C@@H]2COP(=O)(O)O[C@H]2C[C@H](n3ccc(N)nc3=O)O[C@@H]2COP(=O)(O)O)cc1. The number of rotatable bonds is 21. The molecule has 11 N–H and O–H groups in total. The number of carbonyl (C=O) groups is 2. The number of phosphoric acid groups is 2. The molecular formula is C34H45N13O15P2. The number of nitrogen functional groups attached to an aromatic ring is 2. The molecule has 30 heteroatoms. The van der Waals surface area contributed by atoms with E-state index in [0.717, 1.165) is 16.5 Å². The summed E-state index contributed by atoms with van der Waals surface area (Å²) < 4.78 is 59.7. The average Bonchev–Trinajstić information content (AvgIpc) is 3.94. The van der Waals surface area contributed by atoms with Gasteiger partial charge in [-0.15, -0.1) is 0 Å². The van der Waals surface area contributed by atoms with Gasteiger partial charge in [0.15, 0.2) is 23.8 Å². The first-order valence-electron chi connectivity index (χ1n) is 19.4. The van der Waals surface area contributed by atoms with Gasteiger partial charge in [-0.2, -0.15) is 4.98 Å². The Kier molecular flexibility index (Phi) is 15.8. The summed E-state index contributed by atoms with van der Waals surface area (Å²) in [4.78, 5) is 86.2. The number of phosphoric ester groups is 2. The summed E-state index contributed by atoms with van der Waals surface area (Å²) in [5.41, 5.74) is 26.9. The van der Waals surface area contributed by atoms with Crippen molar-refractivity contribution in [3.8, 4) is 0 Å². The highest BCUT2D eigenvalue weighted by molar-refractivity contribution is 7.47. The van der Waals surface area contributed by atoms with Crippen LogP contribution < -0.4 is 28.2 Å². The Morgan fingerprint density at radius 1 is 1.03 bits per heavy atom. The highest BCUT2D eigenvalue weighted by atomic mass is 31.2. The van der Waals surface area contributed by atoms with Gasteiger partial charge in [0.25, 0.3) is 0 Å². The molecule has 1 aromatic carbocycles. The van der Waals surface area contributed by atoms with Crippen molar-refractivity contribution in [1.29, 1.82) is 0 Å². The molecule has 1 unspecified atom stereocenters. The van der Waals surface area contributed by atoms with Gasteiger partial charge in [0.1, 0.15) is 54.3 Å². The number of aryl methyl sites for hydroxylation is 1. The quantitative estimate of drug-likeness (QED) is 0.0141. The smallest absolute Gasteiger partial charge is 0.455 e.